The SMILES string of the molecule is CC(C)(C)C(=O)CC=O.CCc1cc2ccc1cc2. The van der Waals surface area contributed by atoms with Crippen molar-refractivity contribution in [2.45, 2.75) is 40.5 Å². The molecule has 0 saturated heterocycles. The van der Waals surface area contributed by atoms with Crippen LogP contribution in [0.2, 0.25) is 0 Å². The first kappa shape index (κ1) is 15.4. The van der Waals surface area contributed by atoms with Gasteiger partial charge in [0.1, 0.15) is 12.1 Å². The van der Waals surface area contributed by atoms with Crippen LogP contribution in [0.3, 0.4) is 0 Å². The van der Waals surface area contributed by atoms with Crippen molar-refractivity contribution in [3.8, 4) is 0 Å². The fraction of sp³-hybridized carbons (Fsp3) is 0.412. The monoisotopic (exact) mass is 258 g/mol. The molecule has 2 bridgehead atoms. The van der Waals surface area contributed by atoms with Gasteiger partial charge < -0.3 is 4.79 Å². The number of carbonyl (C=O) groups is 2. The lowest BCUT2D eigenvalue weighted by Gasteiger charge is -2.13. The van der Waals surface area contributed by atoms with Crippen LogP contribution >= 0.6 is 0 Å². The van der Waals surface area contributed by atoms with Gasteiger partial charge in [0.25, 0.3) is 0 Å². The standard InChI is InChI=1S/C10H10.C7H12O2/c1-2-9-7-8-3-5-10(9)6-4-8;1-7(2,3)6(9)4-5-8/h3-7H,2H2,1H3;5H,4H2,1-3H3. The molecule has 0 saturated carbocycles. The van der Waals surface area contributed by atoms with E-state index < -0.39 is 0 Å². The second kappa shape index (κ2) is 6.46. The fourth-order valence-electron chi connectivity index (χ4n) is 1.77. The summed E-state index contributed by atoms with van der Waals surface area (Å²) in [7, 11) is 0. The summed E-state index contributed by atoms with van der Waals surface area (Å²) in [6.07, 6.45) is 1.84. The van der Waals surface area contributed by atoms with E-state index in [-0.39, 0.29) is 17.6 Å². The molecule has 0 aliphatic carbocycles. The van der Waals surface area contributed by atoms with Crippen LogP contribution in [-0.2, 0) is 16.0 Å². The lowest BCUT2D eigenvalue weighted by atomic mass is 9.89. The summed E-state index contributed by atoms with van der Waals surface area (Å²) in [5.74, 6) is -0.00231. The van der Waals surface area contributed by atoms with Crippen LogP contribution in [0.4, 0.5) is 0 Å². The van der Waals surface area contributed by atoms with Gasteiger partial charge in [0.05, 0.1) is 6.42 Å². The van der Waals surface area contributed by atoms with Gasteiger partial charge in [-0.1, -0.05) is 58.0 Å². The minimum Gasteiger partial charge on any atom is -0.303 e. The topological polar surface area (TPSA) is 34.1 Å². The molecule has 0 aromatic heterocycles. The van der Waals surface area contributed by atoms with Gasteiger partial charge in [0.15, 0.2) is 0 Å². The molecule has 3 rings (SSSR count). The molecule has 0 aliphatic heterocycles. The molecule has 0 heterocycles. The summed E-state index contributed by atoms with van der Waals surface area (Å²) in [6, 6.07) is 11.0. The lowest BCUT2D eigenvalue weighted by molar-refractivity contribution is -0.128. The van der Waals surface area contributed by atoms with Crippen LogP contribution in [0.25, 0.3) is 10.8 Å². The average molecular weight is 258 g/mol. The number of carbonyl (C=O) groups excluding carboxylic acids is 2. The first-order valence-electron chi connectivity index (χ1n) is 6.66. The van der Waals surface area contributed by atoms with E-state index >= 15 is 0 Å². The number of hydrogen-bond donors (Lipinski definition) is 0. The van der Waals surface area contributed by atoms with Crippen LogP contribution < -0.4 is 0 Å². The summed E-state index contributed by atoms with van der Waals surface area (Å²) in [6.45, 7) is 7.61. The number of aryl methyl sites for hydroxylation is 1. The van der Waals surface area contributed by atoms with E-state index in [2.05, 4.69) is 37.3 Å². The third-order valence-electron chi connectivity index (χ3n) is 3.11. The number of fused-ring (bicyclic) bond motifs is 3. The maximum atomic E-state index is 10.8. The first-order valence-corrected chi connectivity index (χ1v) is 6.66. The van der Waals surface area contributed by atoms with Crippen LogP contribution in [0.5, 0.6) is 0 Å². The van der Waals surface area contributed by atoms with E-state index in [0.29, 0.717) is 6.29 Å². The molecular formula is C17H22O2. The average Bonchev–Trinajstić information content (AvgIpc) is 2.40. The summed E-state index contributed by atoms with van der Waals surface area (Å²) in [5, 5.41) is 2.73. The Morgan fingerprint density at radius 3 is 1.95 bits per heavy atom. The third kappa shape index (κ3) is 4.47. The van der Waals surface area contributed by atoms with Gasteiger partial charge >= 0.3 is 0 Å². The van der Waals surface area contributed by atoms with Gasteiger partial charge in [-0.2, -0.15) is 0 Å². The molecule has 3 aromatic rings. The molecule has 0 spiro atoms. The van der Waals surface area contributed by atoms with Crippen molar-refractivity contribution in [2.24, 2.45) is 5.41 Å². The number of hydrogen-bond acceptors (Lipinski definition) is 2. The highest BCUT2D eigenvalue weighted by Crippen LogP contribution is 2.18. The highest BCUT2D eigenvalue weighted by Gasteiger charge is 2.19. The third-order valence-corrected chi connectivity index (χ3v) is 3.11. The molecule has 0 N–H and O–H groups in total. The van der Waals surface area contributed by atoms with Crippen molar-refractivity contribution in [3.05, 3.63) is 35.9 Å². The largest absolute Gasteiger partial charge is 0.303 e. The molecular weight excluding hydrogens is 236 g/mol. The highest BCUT2D eigenvalue weighted by molar-refractivity contribution is 5.93. The fourth-order valence-corrected chi connectivity index (χ4v) is 1.77. The minimum atomic E-state index is -0.360. The number of ketones is 1. The zero-order chi connectivity index (χ0) is 14.5. The molecule has 19 heavy (non-hydrogen) atoms. The van der Waals surface area contributed by atoms with Crippen LogP contribution in [0, 0.1) is 5.41 Å². The van der Waals surface area contributed by atoms with Gasteiger partial charge in [0.2, 0.25) is 0 Å². The Morgan fingerprint density at radius 2 is 1.74 bits per heavy atom. The predicted molar refractivity (Wildman–Crippen MR) is 79.7 cm³/mol. The van der Waals surface area contributed by atoms with Gasteiger partial charge in [-0.3, -0.25) is 4.79 Å². The van der Waals surface area contributed by atoms with Crippen molar-refractivity contribution in [1.29, 1.82) is 0 Å². The van der Waals surface area contributed by atoms with Crippen molar-refractivity contribution < 1.29 is 9.59 Å². The molecule has 2 nitrogen and oxygen atoms in total. The summed E-state index contributed by atoms with van der Waals surface area (Å²) in [5.41, 5.74) is 1.11. The maximum absolute atomic E-state index is 10.8. The second-order valence-electron chi connectivity index (χ2n) is 5.69. The summed E-state index contributed by atoms with van der Waals surface area (Å²) >= 11 is 0. The normalized spacial score (nSPS) is 10.9. The number of rotatable bonds is 3. The van der Waals surface area contributed by atoms with Crippen LogP contribution in [-0.4, -0.2) is 12.1 Å². The van der Waals surface area contributed by atoms with E-state index in [1.165, 1.54) is 16.3 Å². The van der Waals surface area contributed by atoms with E-state index in [1.54, 1.807) is 20.8 Å². The first-order chi connectivity index (χ1) is 8.88. The van der Waals surface area contributed by atoms with E-state index in [0.717, 1.165) is 6.42 Å². The summed E-state index contributed by atoms with van der Waals surface area (Å²) < 4.78 is 0. The van der Waals surface area contributed by atoms with Crippen molar-refractivity contribution in [3.63, 3.8) is 0 Å². The Kier molecular flexibility index (Phi) is 5.22. The molecule has 0 unspecified atom stereocenters. The van der Waals surface area contributed by atoms with Gasteiger partial charge in [-0.05, 0) is 22.8 Å². The zero-order valence-corrected chi connectivity index (χ0v) is 12.2. The number of aldehydes is 1. The predicted octanol–water partition coefficient (Wildman–Crippen LogP) is 4.03. The maximum Gasteiger partial charge on any atom is 0.145 e. The van der Waals surface area contributed by atoms with Crippen molar-refractivity contribution in [2.75, 3.05) is 0 Å². The minimum absolute atomic E-state index is 0.00231. The molecule has 102 valence electrons. The molecule has 0 atom stereocenters. The Labute approximate surface area is 115 Å². The van der Waals surface area contributed by atoms with Gasteiger partial charge in [-0.25, -0.2) is 0 Å². The van der Waals surface area contributed by atoms with Crippen LogP contribution in [0.1, 0.15) is 39.7 Å². The number of benzene rings is 3. The Balaban J connectivity index is 0.000000192. The summed E-state index contributed by atoms with van der Waals surface area (Å²) in [4.78, 5) is 20.7. The highest BCUT2D eigenvalue weighted by atomic mass is 16.1. The van der Waals surface area contributed by atoms with Gasteiger partial charge in [-0.15, -0.1) is 0 Å². The number of Topliss-reactive ketones (excluding diaryl/α,β-unsaturated/α-hetero) is 1. The Hall–Kier alpha value is -1.70. The quantitative estimate of drug-likeness (QED) is 0.615. The van der Waals surface area contributed by atoms with E-state index in [9.17, 15) is 9.59 Å². The van der Waals surface area contributed by atoms with Crippen molar-refractivity contribution in [1.82, 2.24) is 0 Å². The Morgan fingerprint density at radius 1 is 1.16 bits per heavy atom. The van der Waals surface area contributed by atoms with Crippen molar-refractivity contribution >= 4 is 22.8 Å². The lowest BCUT2D eigenvalue weighted by Crippen LogP contribution is -2.19. The van der Waals surface area contributed by atoms with E-state index in [1.807, 2.05) is 0 Å². The van der Waals surface area contributed by atoms with Crippen LogP contribution in [0.15, 0.2) is 30.3 Å². The van der Waals surface area contributed by atoms with Gasteiger partial charge in [0, 0.05) is 5.41 Å². The molecule has 2 heteroatoms. The molecule has 0 fully saturated rings. The second-order valence-corrected chi connectivity index (χ2v) is 5.69. The van der Waals surface area contributed by atoms with E-state index in [4.69, 9.17) is 0 Å². The zero-order valence-electron chi connectivity index (χ0n) is 12.2. The molecule has 0 aliphatic rings. The smallest absolute Gasteiger partial charge is 0.145 e. The molecule has 0 radical (unpaired) electrons. The molecule has 3 aromatic carbocycles. The Bertz CT molecular complexity index is 515. The molecule has 0 amide bonds.